The molecule has 0 radical (unpaired) electrons. The Morgan fingerprint density at radius 2 is 2.50 bits per heavy atom. The van der Waals surface area contributed by atoms with E-state index in [2.05, 4.69) is 9.94 Å². The highest BCUT2D eigenvalue weighted by molar-refractivity contribution is 5.37. The van der Waals surface area contributed by atoms with Gasteiger partial charge in [-0.15, -0.1) is 5.10 Å². The molecule has 0 fully saturated rings. The van der Waals surface area contributed by atoms with Gasteiger partial charge in [0, 0.05) is 6.07 Å². The van der Waals surface area contributed by atoms with Crippen LogP contribution in [0.15, 0.2) is 23.3 Å². The van der Waals surface area contributed by atoms with Crippen molar-refractivity contribution in [3.8, 4) is 0 Å². The molecule has 0 saturated carbocycles. The maximum atomic E-state index is 10.4. The molecule has 1 heterocycles. The zero-order valence-corrected chi connectivity index (χ0v) is 4.93. The molecule has 0 aliphatic rings. The number of rotatable bonds is 2. The quantitative estimate of drug-likeness (QED) is 0.485. The largest absolute Gasteiger partial charge is 0.323 e. The third kappa shape index (κ3) is 1.41. The van der Waals surface area contributed by atoms with Crippen molar-refractivity contribution in [2.24, 2.45) is 0 Å². The van der Waals surface area contributed by atoms with Gasteiger partial charge in [-0.2, -0.15) is 0 Å². The normalized spacial score (nSPS) is 8.80. The van der Waals surface area contributed by atoms with Crippen molar-refractivity contribution in [3.63, 3.8) is 0 Å². The van der Waals surface area contributed by atoms with Gasteiger partial charge in [0.25, 0.3) is 0 Å². The lowest BCUT2D eigenvalue weighted by Gasteiger charge is -1.95. The molecule has 0 bridgehead atoms. The Hall–Kier alpha value is -1.65. The molecule has 0 saturated heterocycles. The van der Waals surface area contributed by atoms with E-state index in [0.717, 1.165) is 11.0 Å². The molecule has 0 aliphatic carbocycles. The van der Waals surface area contributed by atoms with E-state index >= 15 is 0 Å². The van der Waals surface area contributed by atoms with Crippen molar-refractivity contribution in [1.29, 1.82) is 0 Å². The predicted octanol–water partition coefficient (Wildman–Crippen LogP) is -1.17. The number of hydrogen-bond donors (Lipinski definition) is 0. The van der Waals surface area contributed by atoms with Crippen molar-refractivity contribution >= 4 is 6.47 Å². The first-order chi connectivity index (χ1) is 4.83. The average molecular weight is 140 g/mol. The van der Waals surface area contributed by atoms with Crippen LogP contribution < -0.4 is 10.3 Å². The molecule has 1 aromatic heterocycles. The summed E-state index contributed by atoms with van der Waals surface area (Å²) in [6, 6.07) is 1.23. The minimum atomic E-state index is -0.231. The molecule has 10 heavy (non-hydrogen) atoms. The number of carbonyl (C=O) groups excluding carboxylic acids is 1. The highest BCUT2D eigenvalue weighted by Crippen LogP contribution is 1.69. The molecular weight excluding hydrogens is 136 g/mol. The summed E-state index contributed by atoms with van der Waals surface area (Å²) < 4.78 is 0. The summed E-state index contributed by atoms with van der Waals surface area (Å²) in [6.45, 7) is 0.220. The van der Waals surface area contributed by atoms with Gasteiger partial charge in [-0.3, -0.25) is 9.59 Å². The van der Waals surface area contributed by atoms with Crippen LogP contribution in [0.3, 0.4) is 0 Å². The molecule has 0 aromatic carbocycles. The predicted molar refractivity (Wildman–Crippen MR) is 31.1 cm³/mol. The first-order valence-electron chi connectivity index (χ1n) is 2.49. The molecule has 1 rings (SSSR count). The van der Waals surface area contributed by atoms with E-state index in [1.54, 1.807) is 0 Å². The molecular formula is C5H4N2O3. The monoisotopic (exact) mass is 140 g/mol. The van der Waals surface area contributed by atoms with Crippen LogP contribution in [0.1, 0.15) is 0 Å². The Kier molecular flexibility index (Phi) is 1.79. The van der Waals surface area contributed by atoms with Crippen molar-refractivity contribution in [2.45, 2.75) is 0 Å². The summed E-state index contributed by atoms with van der Waals surface area (Å²) >= 11 is 0. The zero-order chi connectivity index (χ0) is 7.40. The van der Waals surface area contributed by atoms with E-state index in [1.807, 2.05) is 0 Å². The molecule has 5 nitrogen and oxygen atoms in total. The fourth-order valence-electron chi connectivity index (χ4n) is 0.439. The summed E-state index contributed by atoms with van der Waals surface area (Å²) in [5, 5.41) is 3.42. The van der Waals surface area contributed by atoms with E-state index < -0.39 is 0 Å². The first kappa shape index (κ1) is 6.47. The molecule has 0 spiro atoms. The van der Waals surface area contributed by atoms with Crippen molar-refractivity contribution in [1.82, 2.24) is 9.94 Å². The maximum Gasteiger partial charge on any atom is 0.323 e. The van der Waals surface area contributed by atoms with Gasteiger partial charge in [-0.1, -0.05) is 4.85 Å². The number of carbonyl (C=O) groups is 1. The number of aromatic nitrogens is 2. The van der Waals surface area contributed by atoms with Gasteiger partial charge in [0.15, 0.2) is 5.43 Å². The fraction of sp³-hybridized carbons (Fsp3) is 0. The van der Waals surface area contributed by atoms with E-state index in [-0.39, 0.29) is 11.9 Å². The molecule has 1 aromatic rings. The van der Waals surface area contributed by atoms with E-state index in [9.17, 15) is 9.59 Å². The lowest BCUT2D eigenvalue weighted by atomic mass is 10.6. The Labute approximate surface area is 55.8 Å². The van der Waals surface area contributed by atoms with E-state index in [4.69, 9.17) is 0 Å². The van der Waals surface area contributed by atoms with Crippen LogP contribution in [0.4, 0.5) is 0 Å². The van der Waals surface area contributed by atoms with Gasteiger partial charge < -0.3 is 4.84 Å². The Balaban J connectivity index is 2.89. The van der Waals surface area contributed by atoms with Gasteiger partial charge in [0.2, 0.25) is 0 Å². The molecule has 0 N–H and O–H groups in total. The van der Waals surface area contributed by atoms with E-state index in [0.29, 0.717) is 0 Å². The highest BCUT2D eigenvalue weighted by Gasteiger charge is 1.85. The van der Waals surface area contributed by atoms with Gasteiger partial charge in [0.05, 0.1) is 12.4 Å². The molecule has 52 valence electrons. The average Bonchev–Trinajstić information content (AvgIpc) is 1.95. The minimum absolute atomic E-state index is 0.220. The summed E-state index contributed by atoms with van der Waals surface area (Å²) in [6.07, 6.45) is 2.29. The summed E-state index contributed by atoms with van der Waals surface area (Å²) in [5.74, 6) is 0. The Morgan fingerprint density at radius 1 is 1.70 bits per heavy atom. The van der Waals surface area contributed by atoms with Crippen molar-refractivity contribution < 1.29 is 9.63 Å². The van der Waals surface area contributed by atoms with Gasteiger partial charge in [-0.25, -0.2) is 0 Å². The Morgan fingerprint density at radius 3 is 3.00 bits per heavy atom. The van der Waals surface area contributed by atoms with Gasteiger partial charge in [0.1, 0.15) is 0 Å². The summed E-state index contributed by atoms with van der Waals surface area (Å²) in [4.78, 5) is 25.2. The molecule has 0 unspecified atom stereocenters. The van der Waals surface area contributed by atoms with Gasteiger partial charge in [-0.05, 0) is 0 Å². The summed E-state index contributed by atoms with van der Waals surface area (Å²) in [7, 11) is 0. The van der Waals surface area contributed by atoms with Crippen LogP contribution >= 0.6 is 0 Å². The van der Waals surface area contributed by atoms with Crippen molar-refractivity contribution in [3.05, 3.63) is 28.7 Å². The van der Waals surface area contributed by atoms with E-state index in [1.165, 1.54) is 12.3 Å². The molecule has 0 aliphatic heterocycles. The first-order valence-corrected chi connectivity index (χ1v) is 2.49. The SMILES string of the molecule is O=COn1ccc(=O)cn1. The maximum absolute atomic E-state index is 10.4. The van der Waals surface area contributed by atoms with Gasteiger partial charge >= 0.3 is 6.47 Å². The fourth-order valence-corrected chi connectivity index (χ4v) is 0.439. The van der Waals surface area contributed by atoms with Crippen LogP contribution in [0.2, 0.25) is 0 Å². The number of nitrogens with zero attached hydrogens (tertiary/aromatic N) is 2. The van der Waals surface area contributed by atoms with Crippen LogP contribution in [-0.2, 0) is 4.79 Å². The smallest absolute Gasteiger partial charge is 0.323 e. The zero-order valence-electron chi connectivity index (χ0n) is 4.93. The van der Waals surface area contributed by atoms with Crippen LogP contribution in [0.25, 0.3) is 0 Å². The Bertz CT molecular complexity index is 260. The summed E-state index contributed by atoms with van der Waals surface area (Å²) in [5.41, 5.74) is -0.231. The third-order valence-electron chi connectivity index (χ3n) is 0.816. The highest BCUT2D eigenvalue weighted by atomic mass is 16.7. The standard InChI is InChI=1S/C5H4N2O3/c8-4-10-7-2-1-5(9)3-6-7/h1-4H. The van der Waals surface area contributed by atoms with Crippen LogP contribution in [0, 0.1) is 0 Å². The van der Waals surface area contributed by atoms with Crippen LogP contribution in [0.5, 0.6) is 0 Å². The lowest BCUT2D eigenvalue weighted by molar-refractivity contribution is -0.130. The molecule has 5 heteroatoms. The van der Waals surface area contributed by atoms with Crippen LogP contribution in [-0.4, -0.2) is 16.4 Å². The lowest BCUT2D eigenvalue weighted by Crippen LogP contribution is -2.15. The third-order valence-corrected chi connectivity index (χ3v) is 0.816. The second-order valence-electron chi connectivity index (χ2n) is 1.47. The van der Waals surface area contributed by atoms with Crippen molar-refractivity contribution in [2.75, 3.05) is 0 Å². The number of hydrogen-bond acceptors (Lipinski definition) is 4. The topological polar surface area (TPSA) is 61.2 Å². The second kappa shape index (κ2) is 2.77. The minimum Gasteiger partial charge on any atom is -0.323 e. The second-order valence-corrected chi connectivity index (χ2v) is 1.47. The molecule has 0 amide bonds. The molecule has 0 atom stereocenters.